The van der Waals surface area contributed by atoms with E-state index >= 15 is 0 Å². The van der Waals surface area contributed by atoms with Crippen LogP contribution in [0.4, 0.5) is 5.69 Å². The van der Waals surface area contributed by atoms with Gasteiger partial charge in [0.05, 0.1) is 33.0 Å². The molecule has 0 aliphatic rings. The highest BCUT2D eigenvalue weighted by atomic mass is 35.5. The van der Waals surface area contributed by atoms with Crippen LogP contribution in [0.1, 0.15) is 10.4 Å². The number of aromatic nitrogens is 2. The first-order valence-corrected chi connectivity index (χ1v) is 9.23. The van der Waals surface area contributed by atoms with Gasteiger partial charge in [-0.05, 0) is 35.7 Å². The van der Waals surface area contributed by atoms with Gasteiger partial charge >= 0.3 is 0 Å². The van der Waals surface area contributed by atoms with Gasteiger partial charge in [0, 0.05) is 0 Å². The van der Waals surface area contributed by atoms with Crippen LogP contribution in [-0.2, 0) is 0 Å². The van der Waals surface area contributed by atoms with E-state index in [1.165, 1.54) is 0 Å². The number of thiophene rings is 1. The van der Waals surface area contributed by atoms with Crippen LogP contribution in [0.3, 0.4) is 0 Å². The minimum atomic E-state index is -0.263. The van der Waals surface area contributed by atoms with Crippen molar-refractivity contribution in [2.24, 2.45) is 0 Å². The Labute approximate surface area is 159 Å². The molecule has 4 rings (SSSR count). The van der Waals surface area contributed by atoms with Gasteiger partial charge in [0.1, 0.15) is 5.69 Å². The minimum absolute atomic E-state index is 0.263. The number of halogens is 1. The fourth-order valence-corrected chi connectivity index (χ4v) is 3.55. The smallest absolute Gasteiger partial charge is 0.257 e. The Kier molecular flexibility index (Phi) is 4.56. The first kappa shape index (κ1) is 16.6. The fraction of sp³-hybridized carbons (Fsp3) is 0. The van der Waals surface area contributed by atoms with Crippen LogP contribution in [0.15, 0.2) is 78.3 Å². The van der Waals surface area contributed by atoms with Crippen LogP contribution < -0.4 is 5.32 Å². The van der Waals surface area contributed by atoms with E-state index < -0.39 is 0 Å². The molecular weight excluding hydrogens is 366 g/mol. The number of rotatable bonds is 4. The topological polar surface area (TPSA) is 46.9 Å². The predicted molar refractivity (Wildman–Crippen MR) is 106 cm³/mol. The van der Waals surface area contributed by atoms with Gasteiger partial charge in [0.15, 0.2) is 0 Å². The van der Waals surface area contributed by atoms with Crippen molar-refractivity contribution < 1.29 is 4.79 Å². The quantitative estimate of drug-likeness (QED) is 0.508. The molecule has 0 fully saturated rings. The molecule has 6 heteroatoms. The molecule has 0 bridgehead atoms. The average molecular weight is 380 g/mol. The maximum atomic E-state index is 12.7. The molecule has 0 atom stereocenters. The third kappa shape index (κ3) is 3.27. The molecular formula is C20H14ClN3OS. The SMILES string of the molecule is O=C(Nc1cn(-c2ccccc2)nc1-c1cccs1)c1ccccc1Cl. The summed E-state index contributed by atoms with van der Waals surface area (Å²) in [6.07, 6.45) is 1.82. The summed E-state index contributed by atoms with van der Waals surface area (Å²) in [7, 11) is 0. The van der Waals surface area contributed by atoms with Crippen molar-refractivity contribution in [1.82, 2.24) is 9.78 Å². The van der Waals surface area contributed by atoms with Gasteiger partial charge in [-0.2, -0.15) is 5.10 Å². The number of amides is 1. The van der Waals surface area contributed by atoms with E-state index in [2.05, 4.69) is 10.4 Å². The van der Waals surface area contributed by atoms with Crippen LogP contribution in [-0.4, -0.2) is 15.7 Å². The highest BCUT2D eigenvalue weighted by molar-refractivity contribution is 7.13. The highest BCUT2D eigenvalue weighted by Gasteiger charge is 2.17. The molecule has 0 aliphatic heterocycles. The number of anilines is 1. The van der Waals surface area contributed by atoms with Gasteiger partial charge in [0.2, 0.25) is 0 Å². The number of nitrogens with zero attached hydrogens (tertiary/aromatic N) is 2. The molecule has 128 valence electrons. The Morgan fingerprint density at radius 3 is 2.50 bits per heavy atom. The molecule has 1 amide bonds. The Hall–Kier alpha value is -2.89. The van der Waals surface area contributed by atoms with Crippen LogP contribution in [0.2, 0.25) is 5.02 Å². The van der Waals surface area contributed by atoms with Crippen molar-refractivity contribution in [3.05, 3.63) is 88.9 Å². The summed E-state index contributed by atoms with van der Waals surface area (Å²) in [6, 6.07) is 20.7. The minimum Gasteiger partial charge on any atom is -0.319 e. The Morgan fingerprint density at radius 1 is 1.00 bits per heavy atom. The Bertz CT molecular complexity index is 1040. The van der Waals surface area contributed by atoms with E-state index in [1.54, 1.807) is 40.3 Å². The second kappa shape index (κ2) is 7.15. The molecule has 0 saturated carbocycles. The molecule has 26 heavy (non-hydrogen) atoms. The fourth-order valence-electron chi connectivity index (χ4n) is 2.61. The molecule has 4 nitrogen and oxygen atoms in total. The summed E-state index contributed by atoms with van der Waals surface area (Å²) >= 11 is 7.72. The third-order valence-corrected chi connectivity index (χ3v) is 5.06. The molecule has 2 aromatic heterocycles. The second-order valence-corrected chi connectivity index (χ2v) is 6.94. The lowest BCUT2D eigenvalue weighted by Crippen LogP contribution is -2.12. The van der Waals surface area contributed by atoms with E-state index in [4.69, 9.17) is 11.6 Å². The first-order chi connectivity index (χ1) is 12.7. The maximum Gasteiger partial charge on any atom is 0.257 e. The van der Waals surface area contributed by atoms with Crippen LogP contribution in [0, 0.1) is 0 Å². The summed E-state index contributed by atoms with van der Waals surface area (Å²) in [5.41, 5.74) is 2.72. The maximum absolute atomic E-state index is 12.7. The summed E-state index contributed by atoms with van der Waals surface area (Å²) < 4.78 is 1.76. The van der Waals surface area contributed by atoms with Gasteiger partial charge in [-0.1, -0.05) is 48.0 Å². The predicted octanol–water partition coefficient (Wildman–Crippen LogP) is 5.51. The van der Waals surface area contributed by atoms with Crippen molar-refractivity contribution >= 4 is 34.5 Å². The molecule has 0 unspecified atom stereocenters. The van der Waals surface area contributed by atoms with Gasteiger partial charge in [-0.3, -0.25) is 4.79 Å². The molecule has 1 N–H and O–H groups in total. The molecule has 0 spiro atoms. The summed E-state index contributed by atoms with van der Waals surface area (Å²) in [4.78, 5) is 13.7. The standard InChI is InChI=1S/C20H14ClN3OS/c21-16-10-5-4-9-15(16)20(25)22-17-13-24(14-7-2-1-3-8-14)23-19(17)18-11-6-12-26-18/h1-13H,(H,22,25). The summed E-state index contributed by atoms with van der Waals surface area (Å²) in [5.74, 6) is -0.263. The van der Waals surface area contributed by atoms with Gasteiger partial charge in [-0.15, -0.1) is 11.3 Å². The van der Waals surface area contributed by atoms with Crippen LogP contribution >= 0.6 is 22.9 Å². The molecule has 2 heterocycles. The Balaban J connectivity index is 1.74. The lowest BCUT2D eigenvalue weighted by Gasteiger charge is -2.06. The van der Waals surface area contributed by atoms with E-state index in [-0.39, 0.29) is 5.91 Å². The van der Waals surface area contributed by atoms with E-state index in [0.717, 1.165) is 16.3 Å². The number of nitrogens with one attached hydrogen (secondary N) is 1. The number of para-hydroxylation sites is 1. The van der Waals surface area contributed by atoms with E-state index in [0.29, 0.717) is 16.3 Å². The van der Waals surface area contributed by atoms with Gasteiger partial charge < -0.3 is 5.32 Å². The normalized spacial score (nSPS) is 10.7. The first-order valence-electron chi connectivity index (χ1n) is 7.97. The molecule has 0 radical (unpaired) electrons. The second-order valence-electron chi connectivity index (χ2n) is 5.58. The van der Waals surface area contributed by atoms with Crippen LogP contribution in [0.5, 0.6) is 0 Å². The van der Waals surface area contributed by atoms with Crippen molar-refractivity contribution in [3.63, 3.8) is 0 Å². The van der Waals surface area contributed by atoms with Crippen molar-refractivity contribution in [1.29, 1.82) is 0 Å². The number of hydrogen-bond donors (Lipinski definition) is 1. The monoisotopic (exact) mass is 379 g/mol. The lowest BCUT2D eigenvalue weighted by molar-refractivity contribution is 0.102. The largest absolute Gasteiger partial charge is 0.319 e. The molecule has 2 aromatic carbocycles. The van der Waals surface area contributed by atoms with Gasteiger partial charge in [0.25, 0.3) is 5.91 Å². The zero-order valence-electron chi connectivity index (χ0n) is 13.6. The van der Waals surface area contributed by atoms with Crippen LogP contribution in [0.25, 0.3) is 16.3 Å². The zero-order valence-corrected chi connectivity index (χ0v) is 15.2. The van der Waals surface area contributed by atoms with Crippen molar-refractivity contribution in [2.45, 2.75) is 0 Å². The van der Waals surface area contributed by atoms with Crippen molar-refractivity contribution in [3.8, 4) is 16.3 Å². The third-order valence-electron chi connectivity index (χ3n) is 3.86. The van der Waals surface area contributed by atoms with Gasteiger partial charge in [-0.25, -0.2) is 4.68 Å². The Morgan fingerprint density at radius 2 is 1.77 bits per heavy atom. The summed E-state index contributed by atoms with van der Waals surface area (Å²) in [6.45, 7) is 0. The summed E-state index contributed by atoms with van der Waals surface area (Å²) in [5, 5.41) is 10.0. The number of carbonyl (C=O) groups is 1. The van der Waals surface area contributed by atoms with Crippen molar-refractivity contribution in [2.75, 3.05) is 5.32 Å². The number of carbonyl (C=O) groups excluding carboxylic acids is 1. The zero-order chi connectivity index (χ0) is 17.9. The number of hydrogen-bond acceptors (Lipinski definition) is 3. The molecule has 0 saturated heterocycles. The lowest BCUT2D eigenvalue weighted by atomic mass is 10.2. The number of benzene rings is 2. The molecule has 0 aliphatic carbocycles. The average Bonchev–Trinajstić information content (AvgIpc) is 3.32. The van der Waals surface area contributed by atoms with E-state index in [1.807, 2.05) is 54.0 Å². The highest BCUT2D eigenvalue weighted by Crippen LogP contribution is 2.32. The molecule has 4 aromatic rings. The van der Waals surface area contributed by atoms with E-state index in [9.17, 15) is 4.79 Å².